The van der Waals surface area contributed by atoms with E-state index in [2.05, 4.69) is 10.2 Å². The van der Waals surface area contributed by atoms with Crippen molar-refractivity contribution in [1.29, 1.82) is 0 Å². The molecule has 0 aromatic carbocycles. The zero-order valence-corrected chi connectivity index (χ0v) is 14.9. The normalized spacial score (nSPS) is 15.1. The lowest BCUT2D eigenvalue weighted by Gasteiger charge is -2.23. The lowest BCUT2D eigenvalue weighted by Crippen LogP contribution is -2.40. The summed E-state index contributed by atoms with van der Waals surface area (Å²) in [5, 5.41) is 13.6. The van der Waals surface area contributed by atoms with Gasteiger partial charge in [0.2, 0.25) is 7.44 Å². The molecule has 134 valence electrons. The van der Waals surface area contributed by atoms with E-state index >= 15 is 0 Å². The first-order valence-electron chi connectivity index (χ1n) is 7.19. The average molecular weight is 352 g/mol. The third-order valence-electron chi connectivity index (χ3n) is 2.31. The Bertz CT molecular complexity index is 479. The number of esters is 2. The van der Waals surface area contributed by atoms with Crippen molar-refractivity contribution in [2.45, 2.75) is 52.9 Å². The van der Waals surface area contributed by atoms with Crippen LogP contribution in [0, 0.1) is 0 Å². The second-order valence-corrected chi connectivity index (χ2v) is 7.87. The maximum Gasteiger partial charge on any atom is 0.323 e. The molecule has 0 aromatic rings. The van der Waals surface area contributed by atoms with Gasteiger partial charge >= 0.3 is 17.9 Å². The number of hydrogen-bond acceptors (Lipinski definition) is 6. The number of carboxylic acids is 1. The highest BCUT2D eigenvalue weighted by molar-refractivity contribution is 7.60. The van der Waals surface area contributed by atoms with E-state index in [0.717, 1.165) is 0 Å². The van der Waals surface area contributed by atoms with Crippen LogP contribution in [0.15, 0.2) is 0 Å². The Labute approximate surface area is 135 Å². The highest BCUT2D eigenvalue weighted by atomic mass is 31.2. The molecule has 0 aromatic heterocycles. The van der Waals surface area contributed by atoms with Crippen molar-refractivity contribution < 1.29 is 33.5 Å². The summed E-state index contributed by atoms with van der Waals surface area (Å²) < 4.78 is 22.4. The topological polar surface area (TPSA) is 131 Å². The highest BCUT2D eigenvalue weighted by Crippen LogP contribution is 2.36. The van der Waals surface area contributed by atoms with Gasteiger partial charge in [-0.3, -0.25) is 18.9 Å². The van der Waals surface area contributed by atoms with Gasteiger partial charge in [-0.1, -0.05) is 0 Å². The number of aliphatic carboxylic acids is 1. The van der Waals surface area contributed by atoms with E-state index < -0.39 is 44.1 Å². The van der Waals surface area contributed by atoms with Crippen molar-refractivity contribution in [3.05, 3.63) is 0 Å². The van der Waals surface area contributed by atoms with E-state index in [9.17, 15) is 18.9 Å². The van der Waals surface area contributed by atoms with Gasteiger partial charge in [0.15, 0.2) is 0 Å². The van der Waals surface area contributed by atoms with E-state index in [0.29, 0.717) is 0 Å². The molecule has 1 unspecified atom stereocenters. The molecule has 0 heterocycles. The molecule has 3 N–H and O–H groups in total. The van der Waals surface area contributed by atoms with Crippen molar-refractivity contribution in [2.24, 2.45) is 0 Å². The molecule has 0 bridgehead atoms. The quantitative estimate of drug-likeness (QED) is 0.385. The average Bonchev–Trinajstić information content (AvgIpc) is 2.33. The van der Waals surface area contributed by atoms with Crippen LogP contribution >= 0.6 is 7.44 Å². The van der Waals surface area contributed by atoms with Gasteiger partial charge < -0.3 is 14.6 Å². The summed E-state index contributed by atoms with van der Waals surface area (Å²) in [6.45, 7) is 7.56. The zero-order valence-electron chi connectivity index (χ0n) is 14.0. The number of carboxylic acid groups (broad SMARTS) is 1. The first kappa shape index (κ1) is 21.6. The molecule has 10 heteroatoms. The van der Waals surface area contributed by atoms with Crippen molar-refractivity contribution in [3.8, 4) is 0 Å². The van der Waals surface area contributed by atoms with Gasteiger partial charge in [0, 0.05) is 0 Å². The molecule has 0 amide bonds. The molecule has 2 atom stereocenters. The molecule has 0 aliphatic heterocycles. The van der Waals surface area contributed by atoms with Crippen LogP contribution < -0.4 is 10.2 Å². The number of ether oxygens (including phenoxy) is 2. The fourth-order valence-electron chi connectivity index (χ4n) is 1.53. The molecule has 9 nitrogen and oxygen atoms in total. The van der Waals surface area contributed by atoms with Gasteiger partial charge in [0.1, 0.15) is 18.7 Å². The van der Waals surface area contributed by atoms with Gasteiger partial charge in [-0.25, -0.2) is 10.2 Å². The SMILES string of the molecule is CC(C)OC(=O)CNP(=O)(CC(=O)O)N[C@@H](C)C(=O)OC(C)C. The molecule has 23 heavy (non-hydrogen) atoms. The Morgan fingerprint density at radius 3 is 2.00 bits per heavy atom. The monoisotopic (exact) mass is 352 g/mol. The number of nitrogens with one attached hydrogen (secondary N) is 2. The number of rotatable bonds is 10. The molecule has 0 saturated carbocycles. The van der Waals surface area contributed by atoms with Crippen molar-refractivity contribution in [1.82, 2.24) is 10.2 Å². The molecular weight excluding hydrogens is 327 g/mol. The van der Waals surface area contributed by atoms with E-state index in [1.54, 1.807) is 27.7 Å². The standard InChI is InChI=1S/C13H25N2O7P/c1-8(2)21-12(18)6-14-23(20,7-11(16)17)15-10(5)13(19)22-9(3)4/h8-10H,6-7H2,1-5H3,(H,16,17)(H2,14,15,20)/t10-,23?/m0/s1. The maximum atomic E-state index is 12.6. The van der Waals surface area contributed by atoms with Crippen molar-refractivity contribution >= 4 is 25.4 Å². The van der Waals surface area contributed by atoms with Crippen LogP contribution in [0.2, 0.25) is 0 Å². The van der Waals surface area contributed by atoms with Gasteiger partial charge in [-0.15, -0.1) is 0 Å². The lowest BCUT2D eigenvalue weighted by molar-refractivity contribution is -0.149. The largest absolute Gasteiger partial charge is 0.481 e. The number of carbonyl (C=O) groups excluding carboxylic acids is 2. The smallest absolute Gasteiger partial charge is 0.323 e. The fraction of sp³-hybridized carbons (Fsp3) is 0.769. The van der Waals surface area contributed by atoms with Crippen molar-refractivity contribution in [3.63, 3.8) is 0 Å². The van der Waals surface area contributed by atoms with Gasteiger partial charge in [0.25, 0.3) is 0 Å². The summed E-state index contributed by atoms with van der Waals surface area (Å²) >= 11 is 0. The Balaban J connectivity index is 4.83. The Morgan fingerprint density at radius 1 is 1.04 bits per heavy atom. The molecule has 0 fully saturated rings. The molecule has 0 aliphatic carbocycles. The first-order chi connectivity index (χ1) is 10.4. The van der Waals surface area contributed by atoms with Gasteiger partial charge in [0.05, 0.1) is 12.2 Å². The van der Waals surface area contributed by atoms with Crippen LogP contribution in [0.4, 0.5) is 0 Å². The summed E-state index contributed by atoms with van der Waals surface area (Å²) in [4.78, 5) is 34.1. The molecule has 0 radical (unpaired) electrons. The Hall–Kier alpha value is -1.44. The van der Waals surface area contributed by atoms with E-state index in [1.807, 2.05) is 0 Å². The minimum atomic E-state index is -3.73. The number of hydrogen-bond donors (Lipinski definition) is 3. The second kappa shape index (κ2) is 9.64. The summed E-state index contributed by atoms with van der Waals surface area (Å²) in [7, 11) is -3.73. The van der Waals surface area contributed by atoms with Crippen molar-refractivity contribution in [2.75, 3.05) is 12.7 Å². The van der Waals surface area contributed by atoms with Crippen LogP contribution in [0.25, 0.3) is 0 Å². The van der Waals surface area contributed by atoms with E-state index in [-0.39, 0.29) is 12.2 Å². The van der Waals surface area contributed by atoms with Crippen LogP contribution in [0.5, 0.6) is 0 Å². The molecular formula is C13H25N2O7P. The van der Waals surface area contributed by atoms with Gasteiger partial charge in [-0.2, -0.15) is 0 Å². The summed E-state index contributed by atoms with van der Waals surface area (Å²) in [5.41, 5.74) is 0. The van der Waals surface area contributed by atoms with Crippen LogP contribution in [-0.4, -0.2) is 54.0 Å². The maximum absolute atomic E-state index is 12.6. The highest BCUT2D eigenvalue weighted by Gasteiger charge is 2.31. The molecule has 0 saturated heterocycles. The predicted molar refractivity (Wildman–Crippen MR) is 83.2 cm³/mol. The van der Waals surface area contributed by atoms with E-state index in [4.69, 9.17) is 14.6 Å². The van der Waals surface area contributed by atoms with E-state index in [1.165, 1.54) is 6.92 Å². The van der Waals surface area contributed by atoms with Crippen LogP contribution in [0.3, 0.4) is 0 Å². The summed E-state index contributed by atoms with van der Waals surface area (Å²) in [6, 6.07) is -1.00. The first-order valence-corrected chi connectivity index (χ1v) is 9.08. The molecule has 0 aliphatic rings. The van der Waals surface area contributed by atoms with Crippen LogP contribution in [0.1, 0.15) is 34.6 Å². The second-order valence-electron chi connectivity index (χ2n) is 5.50. The van der Waals surface area contributed by atoms with Crippen LogP contribution in [-0.2, 0) is 28.4 Å². The Morgan fingerprint density at radius 2 is 1.57 bits per heavy atom. The lowest BCUT2D eigenvalue weighted by atomic mass is 10.4. The molecule has 0 spiro atoms. The zero-order chi connectivity index (χ0) is 18.2. The fourth-order valence-corrected chi connectivity index (χ4v) is 3.33. The summed E-state index contributed by atoms with van der Waals surface area (Å²) in [5.74, 6) is -2.68. The number of carbonyl (C=O) groups is 3. The van der Waals surface area contributed by atoms with Gasteiger partial charge in [-0.05, 0) is 34.6 Å². The third-order valence-corrected chi connectivity index (χ3v) is 4.50. The summed E-state index contributed by atoms with van der Waals surface area (Å²) in [6.07, 6.45) is -1.49. The Kier molecular flexibility index (Phi) is 9.04. The predicted octanol–water partition coefficient (Wildman–Crippen LogP) is 0.735. The minimum Gasteiger partial charge on any atom is -0.481 e. The minimum absolute atomic E-state index is 0.351. The molecule has 0 rings (SSSR count). The third kappa shape index (κ3) is 10.0.